The quantitative estimate of drug-likeness (QED) is 0.581. The lowest BCUT2D eigenvalue weighted by molar-refractivity contribution is -0.133. The van der Waals surface area contributed by atoms with E-state index in [1.807, 2.05) is 6.92 Å². The minimum atomic E-state index is -0.807. The zero-order valence-corrected chi connectivity index (χ0v) is 11.7. The number of phenolic OH excluding ortho intramolecular Hbond substituents is 1. The van der Waals surface area contributed by atoms with Gasteiger partial charge in [0.05, 0.1) is 0 Å². The van der Waals surface area contributed by atoms with Crippen LogP contribution in [0.3, 0.4) is 0 Å². The smallest absolute Gasteiger partial charge is 0.315 e. The Balaban J connectivity index is 2.02. The highest BCUT2D eigenvalue weighted by Crippen LogP contribution is 2.20. The van der Waals surface area contributed by atoms with Gasteiger partial charge < -0.3 is 15.7 Å². The van der Waals surface area contributed by atoms with Gasteiger partial charge in [0, 0.05) is 11.9 Å². The third-order valence-electron chi connectivity index (χ3n) is 2.82. The summed E-state index contributed by atoms with van der Waals surface area (Å²) < 4.78 is 0. The van der Waals surface area contributed by atoms with Crippen molar-refractivity contribution >= 4 is 23.3 Å². The summed E-state index contributed by atoms with van der Waals surface area (Å²) in [5.74, 6) is -1.20. The number of aryl methyl sites for hydroxylation is 2. The van der Waals surface area contributed by atoms with E-state index >= 15 is 0 Å². The Labute approximate surface area is 121 Å². The van der Waals surface area contributed by atoms with Crippen LogP contribution >= 0.6 is 0 Å². The summed E-state index contributed by atoms with van der Waals surface area (Å²) in [5.41, 5.74) is 2.08. The Morgan fingerprint density at radius 3 is 2.38 bits per heavy atom. The van der Waals surface area contributed by atoms with Crippen molar-refractivity contribution in [1.29, 1.82) is 0 Å². The van der Waals surface area contributed by atoms with Crippen LogP contribution in [0.25, 0.3) is 0 Å². The number of rotatable bonds is 2. The van der Waals surface area contributed by atoms with Gasteiger partial charge in [-0.3, -0.25) is 9.59 Å². The number of aromatic hydroxyl groups is 1. The number of hydrogen-bond donors (Lipinski definition) is 3. The number of hydrogen-bond acceptors (Lipinski definition) is 4. The third-order valence-corrected chi connectivity index (χ3v) is 2.82. The Morgan fingerprint density at radius 2 is 1.76 bits per heavy atom. The topological polar surface area (TPSA) is 91.3 Å². The first-order chi connectivity index (χ1) is 9.95. The second kappa shape index (κ2) is 6.04. The van der Waals surface area contributed by atoms with Gasteiger partial charge in [-0.2, -0.15) is 0 Å². The van der Waals surface area contributed by atoms with Crippen LogP contribution in [0.15, 0.2) is 36.5 Å². The zero-order chi connectivity index (χ0) is 15.4. The third kappa shape index (κ3) is 3.79. The molecular weight excluding hydrogens is 270 g/mol. The molecule has 0 bridgehead atoms. The highest BCUT2D eigenvalue weighted by Gasteiger charge is 2.15. The molecule has 0 saturated heterocycles. The van der Waals surface area contributed by atoms with Crippen LogP contribution in [-0.2, 0) is 9.59 Å². The number of carbonyl (C=O) groups excluding carboxylic acids is 2. The second-order valence-electron chi connectivity index (χ2n) is 4.63. The van der Waals surface area contributed by atoms with Crippen molar-refractivity contribution in [2.45, 2.75) is 13.8 Å². The molecule has 1 aromatic carbocycles. The first-order valence-electron chi connectivity index (χ1n) is 6.30. The van der Waals surface area contributed by atoms with E-state index in [9.17, 15) is 14.7 Å². The van der Waals surface area contributed by atoms with Crippen molar-refractivity contribution in [3.63, 3.8) is 0 Å². The fourth-order valence-corrected chi connectivity index (χ4v) is 1.68. The monoisotopic (exact) mass is 285 g/mol. The predicted molar refractivity (Wildman–Crippen MR) is 79.1 cm³/mol. The number of benzene rings is 1. The van der Waals surface area contributed by atoms with Crippen molar-refractivity contribution in [1.82, 2.24) is 4.98 Å². The molecule has 21 heavy (non-hydrogen) atoms. The van der Waals surface area contributed by atoms with Gasteiger partial charge in [-0.15, -0.1) is 0 Å². The summed E-state index contributed by atoms with van der Waals surface area (Å²) in [6, 6.07) is 7.86. The minimum Gasteiger partial charge on any atom is -0.508 e. The van der Waals surface area contributed by atoms with Crippen LogP contribution < -0.4 is 10.6 Å². The van der Waals surface area contributed by atoms with E-state index < -0.39 is 11.8 Å². The molecule has 0 atom stereocenters. The maximum atomic E-state index is 11.8. The molecule has 108 valence electrons. The molecule has 1 heterocycles. The van der Waals surface area contributed by atoms with Gasteiger partial charge in [0.25, 0.3) is 0 Å². The second-order valence-corrected chi connectivity index (χ2v) is 4.63. The van der Waals surface area contributed by atoms with Crippen LogP contribution in [0.4, 0.5) is 11.5 Å². The van der Waals surface area contributed by atoms with Gasteiger partial charge in [-0.25, -0.2) is 4.98 Å². The lowest BCUT2D eigenvalue weighted by Gasteiger charge is -2.08. The van der Waals surface area contributed by atoms with Gasteiger partial charge >= 0.3 is 11.8 Å². The van der Waals surface area contributed by atoms with E-state index in [-0.39, 0.29) is 5.75 Å². The molecule has 6 nitrogen and oxygen atoms in total. The van der Waals surface area contributed by atoms with Gasteiger partial charge in [-0.05, 0) is 49.2 Å². The summed E-state index contributed by atoms with van der Waals surface area (Å²) in [6.07, 6.45) is 1.59. The molecule has 0 aliphatic rings. The fraction of sp³-hybridized carbons (Fsp3) is 0.133. The van der Waals surface area contributed by atoms with Gasteiger partial charge in [0.2, 0.25) is 0 Å². The Bertz CT molecular complexity index is 681. The average molecular weight is 285 g/mol. The van der Waals surface area contributed by atoms with Crippen molar-refractivity contribution < 1.29 is 14.7 Å². The lowest BCUT2D eigenvalue weighted by Crippen LogP contribution is -2.29. The highest BCUT2D eigenvalue weighted by atomic mass is 16.3. The number of nitrogens with one attached hydrogen (secondary N) is 2. The summed E-state index contributed by atoms with van der Waals surface area (Å²) in [7, 11) is 0. The summed E-state index contributed by atoms with van der Waals surface area (Å²) >= 11 is 0. The first kappa shape index (κ1) is 14.5. The number of anilines is 2. The van der Waals surface area contributed by atoms with E-state index in [4.69, 9.17) is 0 Å². The number of nitrogens with zero attached hydrogens (tertiary/aromatic N) is 1. The predicted octanol–water partition coefficient (Wildman–Crippen LogP) is 1.98. The van der Waals surface area contributed by atoms with Crippen molar-refractivity contribution in [2.24, 2.45) is 0 Å². The number of amides is 2. The van der Waals surface area contributed by atoms with Crippen molar-refractivity contribution in [2.75, 3.05) is 10.6 Å². The Morgan fingerprint density at radius 1 is 1.05 bits per heavy atom. The molecule has 0 saturated carbocycles. The van der Waals surface area contributed by atoms with Crippen molar-refractivity contribution in [3.05, 3.63) is 47.7 Å². The Kier molecular flexibility index (Phi) is 4.18. The average Bonchev–Trinajstić information content (AvgIpc) is 2.44. The molecule has 0 spiro atoms. The maximum Gasteiger partial charge on any atom is 0.315 e. The van der Waals surface area contributed by atoms with E-state index in [0.717, 1.165) is 5.56 Å². The SMILES string of the molecule is Cc1ccc(NC(=O)C(=O)Nc2ccc(O)cc2C)nc1. The van der Waals surface area contributed by atoms with Crippen LogP contribution in [0, 0.1) is 13.8 Å². The lowest BCUT2D eigenvalue weighted by atomic mass is 10.2. The van der Waals surface area contributed by atoms with Gasteiger partial charge in [0.1, 0.15) is 11.6 Å². The summed E-state index contributed by atoms with van der Waals surface area (Å²) in [5, 5.41) is 14.2. The van der Waals surface area contributed by atoms with Crippen LogP contribution in [0.1, 0.15) is 11.1 Å². The largest absolute Gasteiger partial charge is 0.508 e. The van der Waals surface area contributed by atoms with Crippen molar-refractivity contribution in [3.8, 4) is 5.75 Å². The molecule has 6 heteroatoms. The molecule has 3 N–H and O–H groups in total. The normalized spacial score (nSPS) is 10.0. The van der Waals surface area contributed by atoms with E-state index in [2.05, 4.69) is 15.6 Å². The first-order valence-corrected chi connectivity index (χ1v) is 6.30. The van der Waals surface area contributed by atoms with E-state index in [1.165, 1.54) is 18.2 Å². The maximum absolute atomic E-state index is 11.8. The van der Waals surface area contributed by atoms with Crippen LogP contribution in [0.2, 0.25) is 0 Å². The molecule has 2 aromatic rings. The molecule has 2 rings (SSSR count). The molecule has 2 amide bonds. The minimum absolute atomic E-state index is 0.0961. The number of aromatic nitrogens is 1. The number of carbonyl (C=O) groups is 2. The summed E-state index contributed by atoms with van der Waals surface area (Å²) in [6.45, 7) is 3.59. The molecular formula is C15H15N3O3. The fourth-order valence-electron chi connectivity index (χ4n) is 1.68. The number of phenols is 1. The van der Waals surface area contributed by atoms with Crippen LogP contribution in [-0.4, -0.2) is 21.9 Å². The number of pyridine rings is 1. The molecule has 0 aliphatic carbocycles. The van der Waals surface area contributed by atoms with E-state index in [1.54, 1.807) is 25.3 Å². The molecule has 0 unspecified atom stereocenters. The Hall–Kier alpha value is -2.89. The van der Waals surface area contributed by atoms with E-state index in [0.29, 0.717) is 17.1 Å². The molecule has 0 aliphatic heterocycles. The summed E-state index contributed by atoms with van der Waals surface area (Å²) in [4.78, 5) is 27.6. The van der Waals surface area contributed by atoms with Gasteiger partial charge in [-0.1, -0.05) is 6.07 Å². The standard InChI is InChI=1S/C15H15N3O3/c1-9-3-6-13(16-8-9)18-15(21)14(20)17-12-5-4-11(19)7-10(12)2/h3-8,19H,1-2H3,(H,17,20)(H,16,18,21). The van der Waals surface area contributed by atoms with Gasteiger partial charge in [0.15, 0.2) is 0 Å². The molecule has 0 fully saturated rings. The van der Waals surface area contributed by atoms with Crippen LogP contribution in [0.5, 0.6) is 5.75 Å². The highest BCUT2D eigenvalue weighted by molar-refractivity contribution is 6.43. The zero-order valence-electron chi connectivity index (χ0n) is 11.7. The molecule has 1 aromatic heterocycles. The molecule has 0 radical (unpaired) electrons.